The Morgan fingerprint density at radius 2 is 1.67 bits per heavy atom. The Balaban J connectivity index is 0. The van der Waals surface area contributed by atoms with Gasteiger partial charge in [-0.1, -0.05) is 0 Å². The average Bonchev–Trinajstić information content (AvgIpc) is 2.04. The van der Waals surface area contributed by atoms with Crippen LogP contribution in [0.15, 0.2) is 0 Å². The third-order valence-corrected chi connectivity index (χ3v) is 1.88. The summed E-state index contributed by atoms with van der Waals surface area (Å²) in [6, 6.07) is 0. The second-order valence-corrected chi connectivity index (χ2v) is 2.89. The fourth-order valence-corrected chi connectivity index (χ4v) is 1.23. The highest BCUT2D eigenvalue weighted by molar-refractivity contribution is 5.85. The zero-order valence-electron chi connectivity index (χ0n) is 8.05. The maximum absolute atomic E-state index is 11.6. The van der Waals surface area contributed by atoms with Crippen LogP contribution in [0.2, 0.25) is 0 Å². The molecule has 1 aliphatic rings. The van der Waals surface area contributed by atoms with Crippen LogP contribution in [0.25, 0.3) is 0 Å². The first kappa shape index (κ1) is 17.6. The van der Waals surface area contributed by atoms with E-state index in [4.69, 9.17) is 0 Å². The van der Waals surface area contributed by atoms with Gasteiger partial charge in [0.25, 0.3) is 0 Å². The van der Waals surface area contributed by atoms with Crippen molar-refractivity contribution in [1.29, 1.82) is 0 Å². The molecule has 0 aromatic rings. The van der Waals surface area contributed by atoms with E-state index in [9.17, 15) is 13.2 Å². The van der Waals surface area contributed by atoms with E-state index in [0.717, 1.165) is 26.2 Å². The van der Waals surface area contributed by atoms with Crippen LogP contribution in [0.1, 0.15) is 0 Å². The molecule has 0 amide bonds. The number of piperazine rings is 1. The fraction of sp³-hybridized carbons (Fsp3) is 1.00. The summed E-state index contributed by atoms with van der Waals surface area (Å²) in [5, 5.41) is 3.12. The number of alkyl halides is 3. The Labute approximate surface area is 99.1 Å². The van der Waals surface area contributed by atoms with E-state index in [0.29, 0.717) is 6.54 Å². The van der Waals surface area contributed by atoms with Gasteiger partial charge in [0.05, 0.1) is 6.61 Å². The van der Waals surface area contributed by atoms with Gasteiger partial charge < -0.3 is 5.32 Å². The predicted molar refractivity (Wildman–Crippen MR) is 55.8 cm³/mol. The minimum atomic E-state index is -4.49. The smallest absolute Gasteiger partial charge is 0.314 e. The molecule has 0 spiro atoms. The number of nitrogens with zero attached hydrogens (tertiary/aromatic N) is 1. The SMILES string of the molecule is Cl.Cl.FC(F)(F)OCCN1CCNCC1. The summed E-state index contributed by atoms with van der Waals surface area (Å²) in [5.74, 6) is 0. The summed E-state index contributed by atoms with van der Waals surface area (Å²) in [6.45, 7) is 3.34. The van der Waals surface area contributed by atoms with Gasteiger partial charge in [0.1, 0.15) is 0 Å². The van der Waals surface area contributed by atoms with E-state index < -0.39 is 6.36 Å². The van der Waals surface area contributed by atoms with Gasteiger partial charge in [0, 0.05) is 32.7 Å². The normalized spacial score (nSPS) is 17.8. The summed E-state index contributed by atoms with van der Waals surface area (Å²) in [7, 11) is 0. The van der Waals surface area contributed by atoms with Crippen molar-refractivity contribution in [1.82, 2.24) is 10.2 Å². The Kier molecular flexibility index (Phi) is 9.89. The average molecular weight is 271 g/mol. The molecule has 3 nitrogen and oxygen atoms in total. The lowest BCUT2D eigenvalue weighted by Crippen LogP contribution is -2.44. The van der Waals surface area contributed by atoms with Crippen LogP contribution in [0, 0.1) is 0 Å². The van der Waals surface area contributed by atoms with E-state index >= 15 is 0 Å². The minimum absolute atomic E-state index is 0. The highest BCUT2D eigenvalue weighted by atomic mass is 35.5. The lowest BCUT2D eigenvalue weighted by molar-refractivity contribution is -0.325. The number of hydrogen-bond acceptors (Lipinski definition) is 3. The van der Waals surface area contributed by atoms with Gasteiger partial charge in [0.15, 0.2) is 0 Å². The molecule has 8 heteroatoms. The molecule has 0 atom stereocenters. The molecule has 15 heavy (non-hydrogen) atoms. The molecular weight excluding hydrogens is 256 g/mol. The van der Waals surface area contributed by atoms with Crippen LogP contribution < -0.4 is 5.32 Å². The first-order valence-electron chi connectivity index (χ1n) is 4.22. The quantitative estimate of drug-likeness (QED) is 0.836. The van der Waals surface area contributed by atoms with Gasteiger partial charge in [-0.2, -0.15) is 0 Å². The van der Waals surface area contributed by atoms with Crippen molar-refractivity contribution in [2.24, 2.45) is 0 Å². The van der Waals surface area contributed by atoms with Crippen LogP contribution in [-0.2, 0) is 4.74 Å². The zero-order chi connectivity index (χ0) is 9.73. The van der Waals surface area contributed by atoms with Gasteiger partial charge in [-0.3, -0.25) is 9.64 Å². The van der Waals surface area contributed by atoms with Crippen molar-refractivity contribution < 1.29 is 17.9 Å². The molecule has 1 N–H and O–H groups in total. The number of halogens is 5. The van der Waals surface area contributed by atoms with Crippen LogP contribution >= 0.6 is 24.8 Å². The molecule has 0 aliphatic carbocycles. The highest BCUT2D eigenvalue weighted by Crippen LogP contribution is 2.15. The van der Waals surface area contributed by atoms with E-state index in [-0.39, 0.29) is 31.4 Å². The second kappa shape index (κ2) is 8.41. The minimum Gasteiger partial charge on any atom is -0.314 e. The van der Waals surface area contributed by atoms with Crippen LogP contribution in [-0.4, -0.2) is 50.6 Å². The molecular formula is C7H15Cl2F3N2O. The van der Waals surface area contributed by atoms with E-state index in [1.807, 2.05) is 4.90 Å². The number of hydrogen-bond donors (Lipinski definition) is 1. The standard InChI is InChI=1S/C7H13F3N2O.2ClH/c8-7(9,10)13-6-5-12-3-1-11-2-4-12;;/h11H,1-6H2;2*1H. The molecule has 1 fully saturated rings. The first-order valence-corrected chi connectivity index (χ1v) is 4.22. The largest absolute Gasteiger partial charge is 0.522 e. The van der Waals surface area contributed by atoms with Crippen LogP contribution in [0.4, 0.5) is 13.2 Å². The lowest BCUT2D eigenvalue weighted by atomic mass is 10.4. The fourth-order valence-electron chi connectivity index (χ4n) is 1.23. The van der Waals surface area contributed by atoms with E-state index in [1.165, 1.54) is 0 Å². The van der Waals surface area contributed by atoms with Crippen LogP contribution in [0.3, 0.4) is 0 Å². The maximum Gasteiger partial charge on any atom is 0.522 e. The van der Waals surface area contributed by atoms with Gasteiger partial charge in [-0.05, 0) is 0 Å². The Morgan fingerprint density at radius 1 is 1.13 bits per heavy atom. The molecule has 1 heterocycles. The Hall–Kier alpha value is 0.250. The van der Waals surface area contributed by atoms with Gasteiger partial charge in [-0.25, -0.2) is 0 Å². The molecule has 0 aromatic heterocycles. The zero-order valence-corrected chi connectivity index (χ0v) is 9.68. The third kappa shape index (κ3) is 9.19. The van der Waals surface area contributed by atoms with Crippen molar-refractivity contribution in [3.63, 3.8) is 0 Å². The van der Waals surface area contributed by atoms with Crippen molar-refractivity contribution in [2.75, 3.05) is 39.3 Å². The molecule has 1 rings (SSSR count). The summed E-state index contributed by atoms with van der Waals surface area (Å²) < 4.78 is 38.3. The van der Waals surface area contributed by atoms with Crippen molar-refractivity contribution in [3.05, 3.63) is 0 Å². The molecule has 0 aromatic carbocycles. The van der Waals surface area contributed by atoms with E-state index in [2.05, 4.69) is 10.1 Å². The topological polar surface area (TPSA) is 24.5 Å². The van der Waals surface area contributed by atoms with Crippen molar-refractivity contribution in [2.45, 2.75) is 6.36 Å². The number of nitrogens with one attached hydrogen (secondary N) is 1. The molecule has 1 saturated heterocycles. The molecule has 1 aliphatic heterocycles. The third-order valence-electron chi connectivity index (χ3n) is 1.88. The summed E-state index contributed by atoms with van der Waals surface area (Å²) in [6.07, 6.45) is -4.49. The van der Waals surface area contributed by atoms with Gasteiger partial charge in [-0.15, -0.1) is 38.0 Å². The number of rotatable bonds is 3. The molecule has 0 bridgehead atoms. The predicted octanol–water partition coefficient (Wildman–Crippen LogP) is 1.27. The van der Waals surface area contributed by atoms with Crippen LogP contribution in [0.5, 0.6) is 0 Å². The number of ether oxygens (including phenoxy) is 1. The monoisotopic (exact) mass is 270 g/mol. The highest BCUT2D eigenvalue weighted by Gasteiger charge is 2.28. The lowest BCUT2D eigenvalue weighted by Gasteiger charge is -2.26. The van der Waals surface area contributed by atoms with Crippen molar-refractivity contribution in [3.8, 4) is 0 Å². The molecule has 0 saturated carbocycles. The molecule has 0 unspecified atom stereocenters. The Morgan fingerprint density at radius 3 is 2.13 bits per heavy atom. The summed E-state index contributed by atoms with van der Waals surface area (Å²) in [5.41, 5.74) is 0. The summed E-state index contributed by atoms with van der Waals surface area (Å²) >= 11 is 0. The maximum atomic E-state index is 11.6. The first-order chi connectivity index (χ1) is 6.08. The van der Waals surface area contributed by atoms with Gasteiger partial charge in [0.2, 0.25) is 0 Å². The summed E-state index contributed by atoms with van der Waals surface area (Å²) in [4.78, 5) is 1.95. The molecule has 94 valence electrons. The van der Waals surface area contributed by atoms with E-state index in [1.54, 1.807) is 0 Å². The molecule has 0 radical (unpaired) electrons. The Bertz CT molecular complexity index is 154. The van der Waals surface area contributed by atoms with Gasteiger partial charge >= 0.3 is 6.36 Å². The van der Waals surface area contributed by atoms with Crippen molar-refractivity contribution >= 4 is 24.8 Å². The second-order valence-electron chi connectivity index (χ2n) is 2.89.